The van der Waals surface area contributed by atoms with Gasteiger partial charge < -0.3 is 15.4 Å². The van der Waals surface area contributed by atoms with Gasteiger partial charge in [0.1, 0.15) is 5.75 Å². The molecule has 0 aliphatic rings. The summed E-state index contributed by atoms with van der Waals surface area (Å²) in [5.41, 5.74) is 2.46. The van der Waals surface area contributed by atoms with Crippen LogP contribution in [0.2, 0.25) is 5.02 Å². The fraction of sp³-hybridized carbons (Fsp3) is 0.263. The van der Waals surface area contributed by atoms with Gasteiger partial charge in [-0.25, -0.2) is 0 Å². The van der Waals surface area contributed by atoms with E-state index >= 15 is 0 Å². The fourth-order valence-electron chi connectivity index (χ4n) is 2.15. The van der Waals surface area contributed by atoms with E-state index < -0.39 is 0 Å². The van der Waals surface area contributed by atoms with Gasteiger partial charge in [0.2, 0.25) is 5.91 Å². The number of ether oxygens (including phenoxy) is 1. The molecule has 0 heterocycles. The highest BCUT2D eigenvalue weighted by Gasteiger charge is 2.14. The Balaban J connectivity index is 2.20. The van der Waals surface area contributed by atoms with Crippen molar-refractivity contribution in [2.75, 3.05) is 17.7 Å². The van der Waals surface area contributed by atoms with Crippen molar-refractivity contribution in [3.05, 3.63) is 52.5 Å². The zero-order chi connectivity index (χ0) is 18.6. The molecule has 2 aromatic rings. The number of halogens is 1. The maximum absolute atomic E-state index is 12.4. The Morgan fingerprint density at radius 3 is 2.40 bits per heavy atom. The average Bonchev–Trinajstić information content (AvgIpc) is 2.55. The van der Waals surface area contributed by atoms with E-state index in [-0.39, 0.29) is 17.7 Å². The highest BCUT2D eigenvalue weighted by atomic mass is 35.5. The molecule has 6 heteroatoms. The van der Waals surface area contributed by atoms with E-state index in [2.05, 4.69) is 10.6 Å². The van der Waals surface area contributed by atoms with Gasteiger partial charge in [0.15, 0.2) is 0 Å². The summed E-state index contributed by atoms with van der Waals surface area (Å²) in [5, 5.41) is 5.96. The van der Waals surface area contributed by atoms with Crippen LogP contribution < -0.4 is 15.4 Å². The van der Waals surface area contributed by atoms with Gasteiger partial charge in [-0.3, -0.25) is 9.59 Å². The highest BCUT2D eigenvalue weighted by molar-refractivity contribution is 6.34. The molecule has 0 spiro atoms. The van der Waals surface area contributed by atoms with Crippen LogP contribution in [-0.4, -0.2) is 18.9 Å². The topological polar surface area (TPSA) is 67.4 Å². The van der Waals surface area contributed by atoms with Gasteiger partial charge in [-0.15, -0.1) is 0 Å². The van der Waals surface area contributed by atoms with Crippen LogP contribution in [0.4, 0.5) is 11.4 Å². The van der Waals surface area contributed by atoms with Crippen LogP contribution in [0.25, 0.3) is 0 Å². The van der Waals surface area contributed by atoms with Crippen LogP contribution in [0.3, 0.4) is 0 Å². The summed E-state index contributed by atoms with van der Waals surface area (Å²) in [6.07, 6.45) is 0. The number of methoxy groups -OCH3 is 1. The van der Waals surface area contributed by atoms with E-state index in [9.17, 15) is 9.59 Å². The number of amides is 2. The van der Waals surface area contributed by atoms with Gasteiger partial charge in [0.05, 0.1) is 23.4 Å². The normalized spacial score (nSPS) is 10.5. The third-order valence-corrected chi connectivity index (χ3v) is 3.92. The van der Waals surface area contributed by atoms with E-state index in [0.29, 0.717) is 27.7 Å². The molecule has 0 saturated heterocycles. The molecule has 132 valence electrons. The zero-order valence-corrected chi connectivity index (χ0v) is 15.4. The second kappa shape index (κ2) is 8.03. The molecule has 0 saturated carbocycles. The van der Waals surface area contributed by atoms with E-state index in [1.54, 1.807) is 30.3 Å². The first kappa shape index (κ1) is 18.8. The number of anilines is 2. The van der Waals surface area contributed by atoms with Gasteiger partial charge in [-0.1, -0.05) is 31.5 Å². The third-order valence-electron chi connectivity index (χ3n) is 3.61. The second-order valence-electron chi connectivity index (χ2n) is 6.00. The van der Waals surface area contributed by atoms with Crippen LogP contribution in [0.1, 0.15) is 29.8 Å². The van der Waals surface area contributed by atoms with E-state index in [4.69, 9.17) is 16.3 Å². The van der Waals surface area contributed by atoms with Crippen LogP contribution in [-0.2, 0) is 4.79 Å². The van der Waals surface area contributed by atoms with E-state index in [0.717, 1.165) is 5.56 Å². The maximum Gasteiger partial charge on any atom is 0.257 e. The number of carbonyl (C=O) groups excluding carboxylic acids is 2. The molecule has 0 atom stereocenters. The van der Waals surface area contributed by atoms with Crippen molar-refractivity contribution in [1.29, 1.82) is 0 Å². The van der Waals surface area contributed by atoms with Crippen LogP contribution in [0.5, 0.6) is 5.75 Å². The zero-order valence-electron chi connectivity index (χ0n) is 14.6. The Labute approximate surface area is 152 Å². The predicted molar refractivity (Wildman–Crippen MR) is 101 cm³/mol. The molecule has 0 fully saturated rings. The Bertz CT molecular complexity index is 803. The molecule has 0 bridgehead atoms. The van der Waals surface area contributed by atoms with Gasteiger partial charge >= 0.3 is 0 Å². The molecule has 5 nitrogen and oxygen atoms in total. The van der Waals surface area contributed by atoms with Gasteiger partial charge in [-0.2, -0.15) is 0 Å². The second-order valence-corrected chi connectivity index (χ2v) is 6.40. The summed E-state index contributed by atoms with van der Waals surface area (Å²) in [4.78, 5) is 24.2. The highest BCUT2D eigenvalue weighted by Crippen LogP contribution is 2.29. The van der Waals surface area contributed by atoms with Crippen molar-refractivity contribution in [2.24, 2.45) is 5.92 Å². The molecule has 0 radical (unpaired) electrons. The number of benzene rings is 2. The van der Waals surface area contributed by atoms with E-state index in [1.165, 1.54) is 7.11 Å². The Morgan fingerprint density at radius 2 is 1.80 bits per heavy atom. The lowest BCUT2D eigenvalue weighted by molar-refractivity contribution is -0.118. The van der Waals surface area contributed by atoms with Gasteiger partial charge in [0, 0.05) is 17.7 Å². The van der Waals surface area contributed by atoms with Gasteiger partial charge in [0.25, 0.3) is 5.91 Å². The van der Waals surface area contributed by atoms with Crippen molar-refractivity contribution in [1.82, 2.24) is 0 Å². The standard InChI is InChI=1S/C19H21ClN2O3/c1-11(2)18(23)22-16-8-6-13(10-17(16)25-4)21-19(24)14-7-5-12(3)9-15(14)20/h5-11H,1-4H3,(H,21,24)(H,22,23). The molecule has 2 N–H and O–H groups in total. The third kappa shape index (κ3) is 4.73. The molecule has 0 aromatic heterocycles. The van der Waals surface area contributed by atoms with Crippen molar-refractivity contribution >= 4 is 34.8 Å². The molecule has 2 rings (SSSR count). The summed E-state index contributed by atoms with van der Waals surface area (Å²) in [7, 11) is 1.50. The minimum absolute atomic E-state index is 0.110. The SMILES string of the molecule is COc1cc(NC(=O)c2ccc(C)cc2Cl)ccc1NC(=O)C(C)C. The maximum atomic E-state index is 12.4. The summed E-state index contributed by atoms with van der Waals surface area (Å²) >= 11 is 6.13. The molecule has 0 unspecified atom stereocenters. The Morgan fingerprint density at radius 1 is 1.08 bits per heavy atom. The van der Waals surface area contributed by atoms with Gasteiger partial charge in [-0.05, 0) is 36.8 Å². The monoisotopic (exact) mass is 360 g/mol. The summed E-state index contributed by atoms with van der Waals surface area (Å²) in [6, 6.07) is 10.3. The summed E-state index contributed by atoms with van der Waals surface area (Å²) in [5.74, 6) is -0.109. The van der Waals surface area contributed by atoms with Crippen molar-refractivity contribution in [3.8, 4) is 5.75 Å². The predicted octanol–water partition coefficient (Wildman–Crippen LogP) is 4.50. The van der Waals surface area contributed by atoms with E-state index in [1.807, 2.05) is 26.8 Å². The van der Waals surface area contributed by atoms with Crippen molar-refractivity contribution < 1.29 is 14.3 Å². The summed E-state index contributed by atoms with van der Waals surface area (Å²) < 4.78 is 5.30. The number of nitrogens with one attached hydrogen (secondary N) is 2. The molecule has 0 aliphatic heterocycles. The van der Waals surface area contributed by atoms with Crippen LogP contribution >= 0.6 is 11.6 Å². The van der Waals surface area contributed by atoms with Crippen molar-refractivity contribution in [3.63, 3.8) is 0 Å². The van der Waals surface area contributed by atoms with Crippen LogP contribution in [0.15, 0.2) is 36.4 Å². The minimum Gasteiger partial charge on any atom is -0.494 e. The molecule has 2 amide bonds. The Hall–Kier alpha value is -2.53. The lowest BCUT2D eigenvalue weighted by Gasteiger charge is -2.14. The smallest absolute Gasteiger partial charge is 0.257 e. The molecule has 0 aliphatic carbocycles. The van der Waals surface area contributed by atoms with Crippen molar-refractivity contribution in [2.45, 2.75) is 20.8 Å². The number of rotatable bonds is 5. The lowest BCUT2D eigenvalue weighted by atomic mass is 10.1. The Kier molecular flexibility index (Phi) is 6.04. The molecule has 25 heavy (non-hydrogen) atoms. The summed E-state index contributed by atoms with van der Waals surface area (Å²) in [6.45, 7) is 5.52. The number of hydrogen-bond acceptors (Lipinski definition) is 3. The molecular weight excluding hydrogens is 340 g/mol. The largest absolute Gasteiger partial charge is 0.494 e. The fourth-order valence-corrected chi connectivity index (χ4v) is 2.47. The number of hydrogen-bond donors (Lipinski definition) is 2. The lowest BCUT2D eigenvalue weighted by Crippen LogP contribution is -2.18. The minimum atomic E-state index is -0.314. The molecular formula is C19H21ClN2O3. The quantitative estimate of drug-likeness (QED) is 0.824. The number of carbonyl (C=O) groups is 2. The molecule has 2 aromatic carbocycles. The van der Waals surface area contributed by atoms with Crippen LogP contribution in [0, 0.1) is 12.8 Å². The number of aryl methyl sites for hydroxylation is 1. The first-order valence-corrected chi connectivity index (χ1v) is 8.26. The average molecular weight is 361 g/mol. The first-order valence-electron chi connectivity index (χ1n) is 7.88. The first-order chi connectivity index (χ1) is 11.8.